The molecule has 1 aromatic rings. The number of aliphatic hydroxyl groups excluding tert-OH is 1. The zero-order valence-electron chi connectivity index (χ0n) is 9.97. The Morgan fingerprint density at radius 1 is 1.39 bits per heavy atom. The maximum Gasteiger partial charge on any atom is 0.332 e. The Balaban J connectivity index is 2.16. The van der Waals surface area contributed by atoms with Crippen molar-refractivity contribution >= 4 is 23.3 Å². The summed E-state index contributed by atoms with van der Waals surface area (Å²) in [6, 6.07) is 3.54. The Kier molecular flexibility index (Phi) is 5.60. The number of amides is 2. The monoisotopic (exact) mass is 272 g/mol. The Labute approximate surface area is 109 Å². The van der Waals surface area contributed by atoms with Crippen LogP contribution in [0.4, 0.5) is 4.79 Å². The summed E-state index contributed by atoms with van der Waals surface area (Å²) in [5.74, 6) is -1.29. The SMILES string of the molecule is Cc1ccc(CNC(=O)NCCC(O)C(=O)O)s1. The smallest absolute Gasteiger partial charge is 0.332 e. The molecule has 1 heterocycles. The standard InChI is InChI=1S/C11H16N2O4S/c1-7-2-3-8(18-7)6-13-11(17)12-5-4-9(14)10(15)16/h2-3,9,14H,4-6H2,1H3,(H,15,16)(H2,12,13,17). The van der Waals surface area contributed by atoms with Crippen LogP contribution in [0.25, 0.3) is 0 Å². The summed E-state index contributed by atoms with van der Waals surface area (Å²) in [5.41, 5.74) is 0. The first-order chi connectivity index (χ1) is 8.49. The lowest BCUT2D eigenvalue weighted by atomic mass is 10.2. The van der Waals surface area contributed by atoms with Crippen molar-refractivity contribution in [1.82, 2.24) is 10.6 Å². The van der Waals surface area contributed by atoms with Gasteiger partial charge in [0, 0.05) is 22.7 Å². The Hall–Kier alpha value is -1.60. The van der Waals surface area contributed by atoms with Crippen LogP contribution in [0.3, 0.4) is 0 Å². The normalized spacial score (nSPS) is 11.9. The maximum atomic E-state index is 11.3. The Morgan fingerprint density at radius 2 is 2.11 bits per heavy atom. The summed E-state index contributed by atoms with van der Waals surface area (Å²) in [5, 5.41) is 22.5. The van der Waals surface area contributed by atoms with Crippen LogP contribution < -0.4 is 10.6 Å². The van der Waals surface area contributed by atoms with E-state index in [2.05, 4.69) is 10.6 Å². The molecule has 0 saturated carbocycles. The molecule has 100 valence electrons. The molecule has 0 fully saturated rings. The molecule has 0 bridgehead atoms. The van der Waals surface area contributed by atoms with Crippen LogP contribution in [0.5, 0.6) is 0 Å². The Bertz CT molecular complexity index is 419. The third-order valence-corrected chi connectivity index (χ3v) is 3.21. The van der Waals surface area contributed by atoms with Crippen molar-refractivity contribution in [3.8, 4) is 0 Å². The molecule has 7 heteroatoms. The van der Waals surface area contributed by atoms with Crippen molar-refractivity contribution in [3.63, 3.8) is 0 Å². The van der Waals surface area contributed by atoms with Gasteiger partial charge in [0.25, 0.3) is 0 Å². The lowest BCUT2D eigenvalue weighted by Crippen LogP contribution is -2.37. The van der Waals surface area contributed by atoms with Gasteiger partial charge in [-0.3, -0.25) is 0 Å². The first-order valence-electron chi connectivity index (χ1n) is 5.47. The van der Waals surface area contributed by atoms with E-state index < -0.39 is 12.1 Å². The lowest BCUT2D eigenvalue weighted by molar-refractivity contribution is -0.146. The molecule has 0 aliphatic carbocycles. The van der Waals surface area contributed by atoms with Crippen molar-refractivity contribution in [2.45, 2.75) is 26.0 Å². The zero-order valence-corrected chi connectivity index (χ0v) is 10.8. The molecule has 0 radical (unpaired) electrons. The van der Waals surface area contributed by atoms with Gasteiger partial charge in [-0.1, -0.05) is 0 Å². The van der Waals surface area contributed by atoms with E-state index in [1.165, 1.54) is 4.88 Å². The zero-order chi connectivity index (χ0) is 13.5. The quantitative estimate of drug-likeness (QED) is 0.612. The number of hydrogen-bond donors (Lipinski definition) is 4. The van der Waals surface area contributed by atoms with Gasteiger partial charge in [0.1, 0.15) is 0 Å². The fourth-order valence-electron chi connectivity index (χ4n) is 1.26. The molecule has 1 unspecified atom stereocenters. The highest BCUT2D eigenvalue weighted by molar-refractivity contribution is 7.11. The highest BCUT2D eigenvalue weighted by Crippen LogP contribution is 2.14. The highest BCUT2D eigenvalue weighted by Gasteiger charge is 2.12. The second-order valence-corrected chi connectivity index (χ2v) is 5.14. The fraction of sp³-hybridized carbons (Fsp3) is 0.455. The second kappa shape index (κ2) is 6.97. The van der Waals surface area contributed by atoms with Gasteiger partial charge >= 0.3 is 12.0 Å². The number of carboxylic acids is 1. The van der Waals surface area contributed by atoms with Crippen molar-refractivity contribution in [2.75, 3.05) is 6.54 Å². The largest absolute Gasteiger partial charge is 0.479 e. The third-order valence-electron chi connectivity index (χ3n) is 2.21. The molecule has 1 rings (SSSR count). The van der Waals surface area contributed by atoms with Gasteiger partial charge in [0.2, 0.25) is 0 Å². The summed E-state index contributed by atoms with van der Waals surface area (Å²) in [4.78, 5) is 23.9. The molecule has 0 saturated heterocycles. The first kappa shape index (κ1) is 14.5. The van der Waals surface area contributed by atoms with Crippen LogP contribution in [0, 0.1) is 6.92 Å². The number of aliphatic carboxylic acids is 1. The topological polar surface area (TPSA) is 98.7 Å². The lowest BCUT2D eigenvalue weighted by Gasteiger charge is -2.08. The molecule has 18 heavy (non-hydrogen) atoms. The number of carboxylic acid groups (broad SMARTS) is 1. The molecule has 0 aromatic carbocycles. The predicted octanol–water partition coefficient (Wildman–Crippen LogP) is 0.691. The van der Waals surface area contributed by atoms with Crippen molar-refractivity contribution in [3.05, 3.63) is 21.9 Å². The van der Waals surface area contributed by atoms with Crippen LogP contribution in [-0.4, -0.2) is 34.9 Å². The highest BCUT2D eigenvalue weighted by atomic mass is 32.1. The van der Waals surface area contributed by atoms with Gasteiger partial charge in [-0.25, -0.2) is 9.59 Å². The second-order valence-electron chi connectivity index (χ2n) is 3.76. The number of nitrogens with one attached hydrogen (secondary N) is 2. The fourth-order valence-corrected chi connectivity index (χ4v) is 2.09. The average Bonchev–Trinajstić information content (AvgIpc) is 2.72. The molecule has 1 atom stereocenters. The van der Waals surface area contributed by atoms with Gasteiger partial charge in [0.15, 0.2) is 6.10 Å². The van der Waals surface area contributed by atoms with Crippen molar-refractivity contribution in [2.24, 2.45) is 0 Å². The van der Waals surface area contributed by atoms with Crippen LogP contribution in [0.15, 0.2) is 12.1 Å². The van der Waals surface area contributed by atoms with E-state index in [1.54, 1.807) is 11.3 Å². The molecule has 1 aromatic heterocycles. The summed E-state index contributed by atoms with van der Waals surface area (Å²) >= 11 is 1.60. The molecular weight excluding hydrogens is 256 g/mol. The number of aliphatic hydroxyl groups is 1. The third kappa shape index (κ3) is 5.15. The van der Waals surface area contributed by atoms with Crippen LogP contribution >= 0.6 is 11.3 Å². The van der Waals surface area contributed by atoms with Crippen LogP contribution in [-0.2, 0) is 11.3 Å². The molecular formula is C11H16N2O4S. The van der Waals surface area contributed by atoms with E-state index >= 15 is 0 Å². The van der Waals surface area contributed by atoms with Gasteiger partial charge in [-0.2, -0.15) is 0 Å². The number of carbonyl (C=O) groups excluding carboxylic acids is 1. The summed E-state index contributed by atoms with van der Waals surface area (Å²) in [6.45, 7) is 2.54. The Morgan fingerprint density at radius 3 is 2.67 bits per heavy atom. The van der Waals surface area contributed by atoms with E-state index in [0.29, 0.717) is 6.54 Å². The van der Waals surface area contributed by atoms with E-state index in [1.807, 2.05) is 19.1 Å². The van der Waals surface area contributed by atoms with Crippen LogP contribution in [0.2, 0.25) is 0 Å². The number of aryl methyl sites for hydroxylation is 1. The number of carbonyl (C=O) groups is 2. The van der Waals surface area contributed by atoms with Gasteiger partial charge in [0.05, 0.1) is 6.54 Å². The molecule has 2 amide bonds. The maximum absolute atomic E-state index is 11.3. The predicted molar refractivity (Wildman–Crippen MR) is 67.6 cm³/mol. The van der Waals surface area contributed by atoms with Crippen molar-refractivity contribution in [1.29, 1.82) is 0 Å². The summed E-state index contributed by atoms with van der Waals surface area (Å²) in [7, 11) is 0. The number of thiophene rings is 1. The molecule has 0 aliphatic heterocycles. The number of rotatable bonds is 6. The minimum absolute atomic E-state index is 0.0130. The summed E-state index contributed by atoms with van der Waals surface area (Å²) in [6.07, 6.45) is -1.45. The molecule has 0 spiro atoms. The van der Waals surface area contributed by atoms with Crippen molar-refractivity contribution < 1.29 is 19.8 Å². The molecule has 6 nitrogen and oxygen atoms in total. The van der Waals surface area contributed by atoms with E-state index in [9.17, 15) is 9.59 Å². The number of hydrogen-bond acceptors (Lipinski definition) is 4. The minimum Gasteiger partial charge on any atom is -0.479 e. The van der Waals surface area contributed by atoms with Gasteiger partial charge in [-0.05, 0) is 19.1 Å². The molecule has 4 N–H and O–H groups in total. The van der Waals surface area contributed by atoms with E-state index in [0.717, 1.165) is 4.88 Å². The first-order valence-corrected chi connectivity index (χ1v) is 6.28. The summed E-state index contributed by atoms with van der Waals surface area (Å²) < 4.78 is 0. The van der Waals surface area contributed by atoms with Gasteiger partial charge < -0.3 is 20.8 Å². The van der Waals surface area contributed by atoms with Gasteiger partial charge in [-0.15, -0.1) is 11.3 Å². The average molecular weight is 272 g/mol. The van der Waals surface area contributed by atoms with Crippen LogP contribution in [0.1, 0.15) is 16.2 Å². The molecule has 0 aliphatic rings. The minimum atomic E-state index is -1.44. The number of urea groups is 1. The van der Waals surface area contributed by atoms with E-state index in [-0.39, 0.29) is 19.0 Å². The van der Waals surface area contributed by atoms with E-state index in [4.69, 9.17) is 10.2 Å².